The first kappa shape index (κ1) is 23.5. The zero-order valence-corrected chi connectivity index (χ0v) is 19.1. The van der Waals surface area contributed by atoms with Gasteiger partial charge in [0.2, 0.25) is 0 Å². The molecule has 0 saturated heterocycles. The number of carbonyl (C=O) groups is 1. The molecule has 186 valence electrons. The van der Waals surface area contributed by atoms with Gasteiger partial charge in [0.05, 0.1) is 29.6 Å². The predicted octanol–water partition coefficient (Wildman–Crippen LogP) is 3.32. The third-order valence-electron chi connectivity index (χ3n) is 5.53. The Morgan fingerprint density at radius 1 is 1.03 bits per heavy atom. The van der Waals surface area contributed by atoms with Crippen LogP contribution < -0.4 is 16.4 Å². The molecule has 0 fully saturated rings. The van der Waals surface area contributed by atoms with Crippen LogP contribution in [0.3, 0.4) is 0 Å². The molecule has 0 atom stereocenters. The summed E-state index contributed by atoms with van der Waals surface area (Å²) in [5, 5.41) is 14.2. The molecule has 4 aromatic heterocycles. The number of carboxylic acid groups (broad SMARTS) is 1. The maximum Gasteiger partial charge on any atom is 0.412 e. The number of amides is 1. The fourth-order valence-electron chi connectivity index (χ4n) is 3.87. The normalized spacial score (nSPS) is 11.1. The number of hydrogen-bond acceptors (Lipinski definition) is 8. The minimum absolute atomic E-state index is 0.0642. The lowest BCUT2D eigenvalue weighted by molar-refractivity contribution is 0.201. The zero-order chi connectivity index (χ0) is 26.1. The van der Waals surface area contributed by atoms with Gasteiger partial charge in [-0.3, -0.25) is 9.88 Å². The third-order valence-corrected chi connectivity index (χ3v) is 5.53. The van der Waals surface area contributed by atoms with Gasteiger partial charge in [-0.25, -0.2) is 18.6 Å². The van der Waals surface area contributed by atoms with E-state index in [1.807, 2.05) is 0 Å². The predicted molar refractivity (Wildman–Crippen MR) is 131 cm³/mol. The third kappa shape index (κ3) is 4.57. The Morgan fingerprint density at radius 3 is 2.43 bits per heavy atom. The Kier molecular flexibility index (Phi) is 6.01. The molecular formula is C24H19F2N9O2. The van der Waals surface area contributed by atoms with Gasteiger partial charge in [-0.05, 0) is 23.8 Å². The van der Waals surface area contributed by atoms with Crippen molar-refractivity contribution in [1.29, 1.82) is 0 Å². The van der Waals surface area contributed by atoms with Gasteiger partial charge >= 0.3 is 6.09 Å². The number of nitrogen functional groups attached to an aromatic ring is 2. The summed E-state index contributed by atoms with van der Waals surface area (Å²) in [5.41, 5.74) is 13.8. The molecular weight excluding hydrogens is 484 g/mol. The Labute approximate surface area is 208 Å². The highest BCUT2D eigenvalue weighted by atomic mass is 19.1. The average molecular weight is 503 g/mol. The number of benzene rings is 1. The van der Waals surface area contributed by atoms with Crippen LogP contribution in [0.4, 0.5) is 30.9 Å². The Hall–Kier alpha value is -5.20. The summed E-state index contributed by atoms with van der Waals surface area (Å²) in [7, 11) is 0. The van der Waals surface area contributed by atoms with E-state index in [-0.39, 0.29) is 41.8 Å². The quantitative estimate of drug-likeness (QED) is 0.315. The highest BCUT2D eigenvalue weighted by Crippen LogP contribution is 2.31. The van der Waals surface area contributed by atoms with Gasteiger partial charge in [-0.2, -0.15) is 19.7 Å². The lowest BCUT2D eigenvalue weighted by atomic mass is 10.1. The van der Waals surface area contributed by atoms with E-state index < -0.39 is 17.7 Å². The molecule has 13 heteroatoms. The van der Waals surface area contributed by atoms with E-state index >= 15 is 0 Å². The lowest BCUT2D eigenvalue weighted by Crippen LogP contribution is -2.31. The molecule has 4 heterocycles. The number of nitrogens with two attached hydrogens (primary N) is 2. The fraction of sp³-hybridized carbons (Fsp3) is 0.0833. The molecule has 0 aliphatic carbocycles. The number of rotatable bonds is 6. The van der Waals surface area contributed by atoms with Crippen LogP contribution in [0.1, 0.15) is 17.0 Å². The smallest absolute Gasteiger partial charge is 0.412 e. The molecule has 1 amide bonds. The van der Waals surface area contributed by atoms with Crippen molar-refractivity contribution < 1.29 is 18.7 Å². The molecule has 5 rings (SSSR count). The first-order valence-electron chi connectivity index (χ1n) is 10.9. The van der Waals surface area contributed by atoms with E-state index in [0.29, 0.717) is 22.5 Å². The van der Waals surface area contributed by atoms with Gasteiger partial charge < -0.3 is 16.6 Å². The molecule has 11 nitrogen and oxygen atoms in total. The van der Waals surface area contributed by atoms with Gasteiger partial charge in [0, 0.05) is 18.7 Å². The summed E-state index contributed by atoms with van der Waals surface area (Å²) < 4.78 is 29.6. The highest BCUT2D eigenvalue weighted by Gasteiger charge is 2.25. The van der Waals surface area contributed by atoms with Crippen molar-refractivity contribution in [3.8, 4) is 5.95 Å². The van der Waals surface area contributed by atoms with Crippen molar-refractivity contribution in [2.24, 2.45) is 0 Å². The van der Waals surface area contributed by atoms with Gasteiger partial charge in [0.25, 0.3) is 5.95 Å². The van der Waals surface area contributed by atoms with Crippen molar-refractivity contribution in [2.75, 3.05) is 16.4 Å². The summed E-state index contributed by atoms with van der Waals surface area (Å²) in [5.74, 6) is -1.70. The molecule has 5 N–H and O–H groups in total. The minimum atomic E-state index is -1.34. The topological polar surface area (TPSA) is 162 Å². The van der Waals surface area contributed by atoms with Gasteiger partial charge in [0.15, 0.2) is 11.6 Å². The number of halogens is 2. The van der Waals surface area contributed by atoms with Crippen LogP contribution in [-0.2, 0) is 13.0 Å². The van der Waals surface area contributed by atoms with E-state index in [9.17, 15) is 18.7 Å². The van der Waals surface area contributed by atoms with E-state index in [1.165, 1.54) is 23.0 Å². The van der Waals surface area contributed by atoms with Crippen LogP contribution in [0, 0.1) is 11.6 Å². The van der Waals surface area contributed by atoms with Crippen LogP contribution in [0.2, 0.25) is 0 Å². The van der Waals surface area contributed by atoms with Gasteiger partial charge in [-0.15, -0.1) is 0 Å². The van der Waals surface area contributed by atoms with E-state index in [1.54, 1.807) is 36.4 Å². The summed E-state index contributed by atoms with van der Waals surface area (Å²) in [6.07, 6.45) is 1.27. The summed E-state index contributed by atoms with van der Waals surface area (Å²) in [6.45, 7) is -0.153. The molecule has 1 aromatic carbocycles. The van der Waals surface area contributed by atoms with Gasteiger partial charge in [0.1, 0.15) is 22.8 Å². The van der Waals surface area contributed by atoms with Crippen molar-refractivity contribution in [3.05, 3.63) is 89.5 Å². The molecule has 0 saturated carbocycles. The second-order valence-electron chi connectivity index (χ2n) is 7.98. The van der Waals surface area contributed by atoms with E-state index in [2.05, 4.69) is 25.0 Å². The molecule has 0 unspecified atom stereocenters. The number of fused-ring (bicyclic) bond motifs is 1. The maximum atomic E-state index is 14.3. The van der Waals surface area contributed by atoms with Crippen molar-refractivity contribution >= 4 is 34.4 Å². The standard InChI is InChI=1S/C24H19F2N9O2/c25-14-10-18-19(30-11-14)17(9-13-5-1-2-7-16(13)26)33-35(18)23-31-21(27)20(22(28)32-23)34(24(36)37)12-15-6-3-4-8-29-15/h1-8,10-11H,9,12H2,(H,36,37)(H4,27,28,31,32). The zero-order valence-electron chi connectivity index (χ0n) is 19.1. The molecule has 5 aromatic rings. The fourth-order valence-corrected chi connectivity index (χ4v) is 3.87. The Bertz CT molecular complexity index is 1600. The van der Waals surface area contributed by atoms with E-state index in [4.69, 9.17) is 11.5 Å². The molecule has 0 bridgehead atoms. The summed E-state index contributed by atoms with van der Waals surface area (Å²) in [4.78, 5) is 29.5. The molecule has 0 radical (unpaired) electrons. The lowest BCUT2D eigenvalue weighted by Gasteiger charge is -2.21. The molecule has 0 aliphatic rings. The van der Waals surface area contributed by atoms with Crippen molar-refractivity contribution in [3.63, 3.8) is 0 Å². The number of aromatic nitrogens is 6. The monoisotopic (exact) mass is 503 g/mol. The Morgan fingerprint density at radius 2 is 1.76 bits per heavy atom. The summed E-state index contributed by atoms with van der Waals surface area (Å²) in [6, 6.07) is 12.4. The number of pyridine rings is 2. The first-order chi connectivity index (χ1) is 17.8. The van der Waals surface area contributed by atoms with Crippen LogP contribution in [-0.4, -0.2) is 40.9 Å². The van der Waals surface area contributed by atoms with Crippen molar-refractivity contribution in [1.82, 2.24) is 29.7 Å². The first-order valence-corrected chi connectivity index (χ1v) is 10.9. The van der Waals surface area contributed by atoms with Crippen molar-refractivity contribution in [2.45, 2.75) is 13.0 Å². The Balaban J connectivity index is 1.59. The number of anilines is 3. The minimum Gasteiger partial charge on any atom is -0.465 e. The highest BCUT2D eigenvalue weighted by molar-refractivity contribution is 5.94. The molecule has 0 spiro atoms. The summed E-state index contributed by atoms with van der Waals surface area (Å²) >= 11 is 0. The van der Waals surface area contributed by atoms with Crippen LogP contribution in [0.5, 0.6) is 0 Å². The average Bonchev–Trinajstić information content (AvgIpc) is 3.22. The van der Waals surface area contributed by atoms with Crippen LogP contribution in [0.25, 0.3) is 17.0 Å². The SMILES string of the molecule is Nc1nc(-n2nc(Cc3ccccc3F)c3ncc(F)cc32)nc(N)c1N(Cc1ccccn1)C(=O)O. The maximum absolute atomic E-state index is 14.3. The second kappa shape index (κ2) is 9.45. The van der Waals surface area contributed by atoms with Crippen LogP contribution >= 0.6 is 0 Å². The largest absolute Gasteiger partial charge is 0.465 e. The van der Waals surface area contributed by atoms with E-state index in [0.717, 1.165) is 11.1 Å². The molecule has 0 aliphatic heterocycles. The number of nitrogens with zero attached hydrogens (tertiary/aromatic N) is 7. The second-order valence-corrected chi connectivity index (χ2v) is 7.98. The van der Waals surface area contributed by atoms with Gasteiger partial charge in [-0.1, -0.05) is 24.3 Å². The number of hydrogen-bond donors (Lipinski definition) is 3. The van der Waals surface area contributed by atoms with Crippen LogP contribution in [0.15, 0.2) is 60.9 Å². The molecule has 37 heavy (non-hydrogen) atoms.